The molecular weight excluding hydrogens is 336 g/mol. The molecule has 0 fully saturated rings. The van der Waals surface area contributed by atoms with Gasteiger partial charge in [-0.3, -0.25) is 0 Å². The molecule has 1 N–H and O–H groups in total. The van der Waals surface area contributed by atoms with Crippen molar-refractivity contribution in [1.29, 1.82) is 0 Å². The van der Waals surface area contributed by atoms with Gasteiger partial charge in [0.25, 0.3) is 0 Å². The van der Waals surface area contributed by atoms with E-state index in [1.54, 1.807) is 0 Å². The van der Waals surface area contributed by atoms with Gasteiger partial charge in [-0.1, -0.05) is 93.6 Å². The second-order valence-corrected chi connectivity index (χ2v) is 13.1. The molecular formula is C23H32O2Si. The average molecular weight is 369 g/mol. The molecule has 140 valence electrons. The standard InChI is InChI=1S/C23H32O2Si/c1-23(2,3)26(4,5)25-22(20-14-10-7-11-15-20)18-21(24)17-16-19-12-8-6-9-13-19/h6-17,21-22,24H,18H2,1-5H3/b17-16+/t21-,22-/m0/s1. The van der Waals surface area contributed by atoms with Crippen LogP contribution in [0.2, 0.25) is 18.1 Å². The van der Waals surface area contributed by atoms with Gasteiger partial charge < -0.3 is 9.53 Å². The lowest BCUT2D eigenvalue weighted by Crippen LogP contribution is -2.42. The molecule has 0 aliphatic carbocycles. The van der Waals surface area contributed by atoms with Crippen LogP contribution in [0.4, 0.5) is 0 Å². The predicted molar refractivity (Wildman–Crippen MR) is 114 cm³/mol. The van der Waals surface area contributed by atoms with Gasteiger partial charge in [-0.05, 0) is 29.3 Å². The smallest absolute Gasteiger partial charge is 0.192 e. The first-order valence-corrected chi connectivity index (χ1v) is 12.2. The minimum atomic E-state index is -1.94. The summed E-state index contributed by atoms with van der Waals surface area (Å²) in [5, 5.41) is 10.7. The van der Waals surface area contributed by atoms with Gasteiger partial charge in [0.1, 0.15) is 0 Å². The minimum Gasteiger partial charge on any atom is -0.410 e. The SMILES string of the molecule is CC(C)(C)[Si](C)(C)O[C@@H](C[C@@H](O)/C=C/c1ccccc1)c1ccccc1. The van der Waals surface area contributed by atoms with Crippen LogP contribution in [0.15, 0.2) is 66.7 Å². The molecule has 0 saturated carbocycles. The van der Waals surface area contributed by atoms with Crippen molar-refractivity contribution in [3.05, 3.63) is 77.9 Å². The molecule has 2 aromatic rings. The normalized spacial score (nSPS) is 15.2. The van der Waals surface area contributed by atoms with Crippen molar-refractivity contribution < 1.29 is 9.53 Å². The van der Waals surface area contributed by atoms with Gasteiger partial charge in [-0.25, -0.2) is 0 Å². The Kier molecular flexibility index (Phi) is 6.99. The van der Waals surface area contributed by atoms with Gasteiger partial charge in [0, 0.05) is 6.42 Å². The lowest BCUT2D eigenvalue weighted by molar-refractivity contribution is 0.111. The van der Waals surface area contributed by atoms with Crippen LogP contribution in [-0.2, 0) is 4.43 Å². The summed E-state index contributed by atoms with van der Waals surface area (Å²) in [6.07, 6.45) is 3.73. The summed E-state index contributed by atoms with van der Waals surface area (Å²) >= 11 is 0. The molecule has 0 aliphatic rings. The van der Waals surface area contributed by atoms with Crippen molar-refractivity contribution in [3.63, 3.8) is 0 Å². The molecule has 0 saturated heterocycles. The van der Waals surface area contributed by atoms with Gasteiger partial charge in [-0.15, -0.1) is 0 Å². The summed E-state index contributed by atoms with van der Waals surface area (Å²) < 4.78 is 6.66. The molecule has 3 heteroatoms. The highest BCUT2D eigenvalue weighted by molar-refractivity contribution is 6.74. The van der Waals surface area contributed by atoms with Gasteiger partial charge in [-0.2, -0.15) is 0 Å². The molecule has 2 rings (SSSR count). The summed E-state index contributed by atoms with van der Waals surface area (Å²) in [6, 6.07) is 20.3. The zero-order chi connectivity index (χ0) is 19.2. The van der Waals surface area contributed by atoms with Crippen molar-refractivity contribution in [2.45, 2.75) is 57.5 Å². The van der Waals surface area contributed by atoms with E-state index in [0.717, 1.165) is 11.1 Å². The molecule has 0 heterocycles. The van der Waals surface area contributed by atoms with Crippen LogP contribution in [0.1, 0.15) is 44.4 Å². The van der Waals surface area contributed by atoms with Gasteiger partial charge in [0.05, 0.1) is 12.2 Å². The third-order valence-electron chi connectivity index (χ3n) is 5.18. The van der Waals surface area contributed by atoms with E-state index < -0.39 is 14.4 Å². The monoisotopic (exact) mass is 368 g/mol. The van der Waals surface area contributed by atoms with Crippen LogP contribution < -0.4 is 0 Å². The number of benzene rings is 2. The zero-order valence-corrected chi connectivity index (χ0v) is 17.6. The molecule has 2 atom stereocenters. The Bertz CT molecular complexity index is 687. The largest absolute Gasteiger partial charge is 0.410 e. The van der Waals surface area contributed by atoms with E-state index in [-0.39, 0.29) is 11.1 Å². The highest BCUT2D eigenvalue weighted by Gasteiger charge is 2.39. The quantitative estimate of drug-likeness (QED) is 0.588. The summed E-state index contributed by atoms with van der Waals surface area (Å²) in [5.74, 6) is 0. The molecule has 0 aliphatic heterocycles. The number of rotatable bonds is 7. The first-order valence-electron chi connectivity index (χ1n) is 9.33. The number of aliphatic hydroxyl groups is 1. The summed E-state index contributed by atoms with van der Waals surface area (Å²) in [7, 11) is -1.94. The Balaban J connectivity index is 2.15. The third-order valence-corrected chi connectivity index (χ3v) is 9.67. The van der Waals surface area contributed by atoms with E-state index in [1.165, 1.54) is 0 Å². The van der Waals surface area contributed by atoms with Crippen molar-refractivity contribution >= 4 is 14.4 Å². The van der Waals surface area contributed by atoms with E-state index in [0.29, 0.717) is 6.42 Å². The van der Waals surface area contributed by atoms with Crippen molar-refractivity contribution in [2.75, 3.05) is 0 Å². The summed E-state index contributed by atoms with van der Waals surface area (Å²) in [6.45, 7) is 11.2. The Hall–Kier alpha value is -1.68. The molecule has 0 spiro atoms. The van der Waals surface area contributed by atoms with Crippen LogP contribution in [0.5, 0.6) is 0 Å². The van der Waals surface area contributed by atoms with Crippen LogP contribution in [0.3, 0.4) is 0 Å². The molecule has 0 amide bonds. The summed E-state index contributed by atoms with van der Waals surface area (Å²) in [4.78, 5) is 0. The van der Waals surface area contributed by atoms with E-state index >= 15 is 0 Å². The number of aliphatic hydroxyl groups excluding tert-OH is 1. The van der Waals surface area contributed by atoms with Crippen molar-refractivity contribution in [1.82, 2.24) is 0 Å². The highest BCUT2D eigenvalue weighted by Crippen LogP contribution is 2.40. The van der Waals surface area contributed by atoms with E-state index in [4.69, 9.17) is 4.43 Å². The van der Waals surface area contributed by atoms with E-state index in [2.05, 4.69) is 46.0 Å². The van der Waals surface area contributed by atoms with Gasteiger partial charge in [0.2, 0.25) is 0 Å². The Morgan fingerprint density at radius 2 is 1.50 bits per heavy atom. The van der Waals surface area contributed by atoms with Crippen LogP contribution >= 0.6 is 0 Å². The molecule has 2 nitrogen and oxygen atoms in total. The highest BCUT2D eigenvalue weighted by atomic mass is 28.4. The van der Waals surface area contributed by atoms with Gasteiger partial charge in [0.15, 0.2) is 8.32 Å². The summed E-state index contributed by atoms with van der Waals surface area (Å²) in [5.41, 5.74) is 2.22. The minimum absolute atomic E-state index is 0.104. The van der Waals surface area contributed by atoms with Crippen LogP contribution in [0, 0.1) is 0 Å². The first kappa shape index (κ1) is 20.6. The second kappa shape index (κ2) is 8.80. The maximum atomic E-state index is 10.6. The lowest BCUT2D eigenvalue weighted by Gasteiger charge is -2.39. The Labute approximate surface area is 159 Å². The fraction of sp³-hybridized carbons (Fsp3) is 0.391. The van der Waals surface area contributed by atoms with Crippen molar-refractivity contribution in [2.24, 2.45) is 0 Å². The molecule has 0 unspecified atom stereocenters. The first-order chi connectivity index (χ1) is 12.2. The average Bonchev–Trinajstić information content (AvgIpc) is 2.60. The molecule has 2 aromatic carbocycles. The number of hydrogen-bond donors (Lipinski definition) is 1. The fourth-order valence-corrected chi connectivity index (χ4v) is 3.83. The molecule has 0 bridgehead atoms. The van der Waals surface area contributed by atoms with Crippen LogP contribution in [0.25, 0.3) is 6.08 Å². The second-order valence-electron chi connectivity index (χ2n) is 8.35. The number of hydrogen-bond acceptors (Lipinski definition) is 2. The van der Waals surface area contributed by atoms with Crippen molar-refractivity contribution in [3.8, 4) is 0 Å². The third kappa shape index (κ3) is 5.94. The van der Waals surface area contributed by atoms with Crippen LogP contribution in [-0.4, -0.2) is 19.5 Å². The van der Waals surface area contributed by atoms with E-state index in [1.807, 2.05) is 60.7 Å². The topological polar surface area (TPSA) is 29.5 Å². The van der Waals surface area contributed by atoms with E-state index in [9.17, 15) is 5.11 Å². The Morgan fingerprint density at radius 3 is 2.04 bits per heavy atom. The Morgan fingerprint density at radius 1 is 0.962 bits per heavy atom. The predicted octanol–water partition coefficient (Wildman–Crippen LogP) is 6.21. The fourth-order valence-electron chi connectivity index (χ4n) is 2.54. The molecule has 0 radical (unpaired) electrons. The maximum Gasteiger partial charge on any atom is 0.192 e. The maximum absolute atomic E-state index is 10.6. The molecule has 26 heavy (non-hydrogen) atoms. The van der Waals surface area contributed by atoms with Gasteiger partial charge >= 0.3 is 0 Å². The lowest BCUT2D eigenvalue weighted by atomic mass is 10.0. The molecule has 0 aromatic heterocycles. The zero-order valence-electron chi connectivity index (χ0n) is 16.6.